The van der Waals surface area contributed by atoms with Gasteiger partial charge >= 0.3 is 0 Å². The van der Waals surface area contributed by atoms with Gasteiger partial charge in [-0.15, -0.1) is 0 Å². The third-order valence-corrected chi connectivity index (χ3v) is 6.74. The van der Waals surface area contributed by atoms with E-state index in [1.807, 2.05) is 0 Å². The normalized spacial score (nSPS) is 18.7. The molecule has 0 bridgehead atoms. The smallest absolute Gasteiger partial charge is 0.183 e. The van der Waals surface area contributed by atoms with Crippen molar-refractivity contribution in [3.05, 3.63) is 41.1 Å². The second-order valence-corrected chi connectivity index (χ2v) is 9.59. The minimum Gasteiger partial charge on any atom is -0.487 e. The Morgan fingerprint density at radius 1 is 1.09 bits per heavy atom. The van der Waals surface area contributed by atoms with Gasteiger partial charge in [-0.2, -0.15) is 5.26 Å². The van der Waals surface area contributed by atoms with Gasteiger partial charge in [0.05, 0.1) is 29.7 Å². The van der Waals surface area contributed by atoms with E-state index < -0.39 is 0 Å². The fraction of sp³-hybridized carbons (Fsp3) is 0.600. The zero-order valence-electron chi connectivity index (χ0n) is 20.4. The second kappa shape index (κ2) is 12.5. The van der Waals surface area contributed by atoms with Crippen LogP contribution in [0.25, 0.3) is 5.70 Å². The number of nitrogens with zero attached hydrogens (tertiary/aromatic N) is 4. The van der Waals surface area contributed by atoms with Crippen molar-refractivity contribution in [1.82, 2.24) is 15.0 Å². The number of hydrazine groups is 2. The van der Waals surface area contributed by atoms with E-state index >= 15 is 0 Å². The van der Waals surface area contributed by atoms with E-state index in [0.29, 0.717) is 28.8 Å². The van der Waals surface area contributed by atoms with Crippen LogP contribution in [0.5, 0.6) is 5.75 Å². The highest BCUT2D eigenvalue weighted by Crippen LogP contribution is 2.28. The van der Waals surface area contributed by atoms with Gasteiger partial charge in [-0.05, 0) is 50.2 Å². The lowest BCUT2D eigenvalue weighted by molar-refractivity contribution is 0.154. The van der Waals surface area contributed by atoms with Crippen LogP contribution in [0, 0.1) is 17.2 Å². The Labute approximate surface area is 203 Å². The average Bonchev–Trinajstić information content (AvgIpc) is 2.83. The van der Waals surface area contributed by atoms with Crippen LogP contribution in [-0.2, 0) is 0 Å². The van der Waals surface area contributed by atoms with Gasteiger partial charge < -0.3 is 26.2 Å². The Balaban J connectivity index is 1.73. The molecule has 3 rings (SSSR count). The summed E-state index contributed by atoms with van der Waals surface area (Å²) < 4.78 is 6.06. The Bertz CT molecular complexity index is 908. The maximum absolute atomic E-state index is 9.65. The summed E-state index contributed by atoms with van der Waals surface area (Å²) in [5.41, 5.74) is 15.0. The molecule has 2 saturated carbocycles. The summed E-state index contributed by atoms with van der Waals surface area (Å²) in [6, 6.07) is 5.65. The van der Waals surface area contributed by atoms with Crippen molar-refractivity contribution >= 4 is 5.70 Å². The Hall–Kier alpha value is -2.96. The molecule has 0 aromatic carbocycles. The molecule has 0 aliphatic heterocycles. The first-order chi connectivity index (χ1) is 16.4. The second-order valence-electron chi connectivity index (χ2n) is 9.59. The summed E-state index contributed by atoms with van der Waals surface area (Å²) in [4.78, 5) is 4.45. The number of rotatable bonds is 9. The Morgan fingerprint density at radius 2 is 1.74 bits per heavy atom. The van der Waals surface area contributed by atoms with Crippen LogP contribution in [-0.4, -0.2) is 34.7 Å². The molecule has 0 radical (unpaired) electrons. The van der Waals surface area contributed by atoms with Gasteiger partial charge in [-0.1, -0.05) is 38.5 Å². The van der Waals surface area contributed by atoms with E-state index in [4.69, 9.17) is 27.9 Å². The number of hydrogen-bond donors (Lipinski definition) is 4. The number of ether oxygens (including phenoxy) is 1. The van der Waals surface area contributed by atoms with Gasteiger partial charge in [0, 0.05) is 18.9 Å². The van der Waals surface area contributed by atoms with Crippen LogP contribution in [0.3, 0.4) is 0 Å². The van der Waals surface area contributed by atoms with Crippen molar-refractivity contribution in [3.63, 3.8) is 0 Å². The average molecular weight is 469 g/mol. The third-order valence-electron chi connectivity index (χ3n) is 6.74. The fourth-order valence-corrected chi connectivity index (χ4v) is 4.88. The lowest BCUT2D eigenvalue weighted by atomic mass is 9.86. The van der Waals surface area contributed by atoms with Gasteiger partial charge in [-0.25, -0.2) is 16.7 Å². The molecule has 0 spiro atoms. The first-order valence-electron chi connectivity index (χ1n) is 12.4. The molecule has 0 saturated heterocycles. The molecular formula is C25H40N8O. The molecule has 0 amide bonds. The van der Waals surface area contributed by atoms with E-state index in [2.05, 4.69) is 11.1 Å². The lowest BCUT2D eigenvalue weighted by Crippen LogP contribution is -2.38. The van der Waals surface area contributed by atoms with Crippen LogP contribution in [0.15, 0.2) is 29.7 Å². The number of nitriles is 1. The summed E-state index contributed by atoms with van der Waals surface area (Å²) >= 11 is 0. The molecule has 9 heteroatoms. The highest BCUT2D eigenvalue weighted by molar-refractivity contribution is 5.64. The van der Waals surface area contributed by atoms with E-state index in [1.54, 1.807) is 25.4 Å². The predicted molar refractivity (Wildman–Crippen MR) is 134 cm³/mol. The van der Waals surface area contributed by atoms with E-state index in [9.17, 15) is 5.26 Å². The summed E-state index contributed by atoms with van der Waals surface area (Å²) in [5.74, 6) is 13.4. The van der Waals surface area contributed by atoms with Crippen molar-refractivity contribution in [2.75, 3.05) is 13.6 Å². The van der Waals surface area contributed by atoms with E-state index in [-0.39, 0.29) is 18.3 Å². The molecule has 2 fully saturated rings. The molecule has 1 aromatic rings. The number of aromatic nitrogens is 1. The Morgan fingerprint density at radius 3 is 2.35 bits per heavy atom. The molecule has 2 aliphatic rings. The molecule has 1 heterocycles. The Kier molecular flexibility index (Phi) is 9.42. The van der Waals surface area contributed by atoms with Crippen molar-refractivity contribution in [1.29, 1.82) is 5.26 Å². The maximum Gasteiger partial charge on any atom is 0.183 e. The number of nitrogens with two attached hydrogens (primary N) is 4. The van der Waals surface area contributed by atoms with Gasteiger partial charge in [0.1, 0.15) is 6.07 Å². The zero-order chi connectivity index (χ0) is 24.5. The van der Waals surface area contributed by atoms with Gasteiger partial charge in [0.15, 0.2) is 11.4 Å². The topological polar surface area (TPSA) is 156 Å². The van der Waals surface area contributed by atoms with Gasteiger partial charge in [0.25, 0.3) is 0 Å². The van der Waals surface area contributed by atoms with E-state index in [0.717, 1.165) is 37.8 Å². The lowest BCUT2D eigenvalue weighted by Gasteiger charge is -2.26. The zero-order valence-corrected chi connectivity index (χ0v) is 20.4. The van der Waals surface area contributed by atoms with Crippen LogP contribution in [0.2, 0.25) is 0 Å². The summed E-state index contributed by atoms with van der Waals surface area (Å²) in [6.45, 7) is 0.244. The first kappa shape index (κ1) is 25.7. The molecule has 1 aromatic heterocycles. The van der Waals surface area contributed by atoms with E-state index in [1.165, 1.54) is 48.5 Å². The fourth-order valence-electron chi connectivity index (χ4n) is 4.88. The standard InChI is InChI=1S/C25H40N8O/c1-32(29)23(17-33(30)16-19(27)14-18-8-4-2-5-9-18)25(28)21-12-13-24(22(15-26)31-21)34-20-10-6-3-7-11-20/h12-13,16,18,20H,2-11,14,17,27-30H2,1H3/b19-16-,25-23-. The van der Waals surface area contributed by atoms with Crippen LogP contribution in [0.4, 0.5) is 0 Å². The molecule has 2 aliphatic carbocycles. The predicted octanol–water partition coefficient (Wildman–Crippen LogP) is 3.04. The molecule has 9 nitrogen and oxygen atoms in total. The number of hydrogen-bond acceptors (Lipinski definition) is 9. The van der Waals surface area contributed by atoms with Crippen molar-refractivity contribution in [2.45, 2.75) is 76.7 Å². The van der Waals surface area contributed by atoms with Gasteiger partial charge in [-0.3, -0.25) is 0 Å². The number of pyridine rings is 1. The largest absolute Gasteiger partial charge is 0.487 e. The van der Waals surface area contributed by atoms with Crippen molar-refractivity contribution in [2.24, 2.45) is 29.1 Å². The van der Waals surface area contributed by atoms with Crippen LogP contribution < -0.4 is 27.9 Å². The molecule has 34 heavy (non-hydrogen) atoms. The van der Waals surface area contributed by atoms with Gasteiger partial charge in [0.2, 0.25) is 0 Å². The van der Waals surface area contributed by atoms with Crippen molar-refractivity contribution < 1.29 is 4.74 Å². The monoisotopic (exact) mass is 468 g/mol. The first-order valence-corrected chi connectivity index (χ1v) is 12.4. The summed E-state index contributed by atoms with van der Waals surface area (Å²) in [6.07, 6.45) is 14.5. The third kappa shape index (κ3) is 7.27. The number of allylic oxidation sites excluding steroid dienone is 1. The molecule has 8 N–H and O–H groups in total. The minimum absolute atomic E-state index is 0.128. The van der Waals surface area contributed by atoms with Crippen LogP contribution in [0.1, 0.15) is 82.0 Å². The molecule has 0 atom stereocenters. The quantitative estimate of drug-likeness (QED) is 0.316. The maximum atomic E-state index is 9.65. The van der Waals surface area contributed by atoms with Crippen molar-refractivity contribution in [3.8, 4) is 11.8 Å². The molecule has 186 valence electrons. The SMILES string of the molecule is CN(N)/C(CN(N)/C=C(\N)CC1CCCCC1)=C(\N)c1ccc(OC2CCCCC2)c(C#N)n1. The highest BCUT2D eigenvalue weighted by atomic mass is 16.5. The summed E-state index contributed by atoms with van der Waals surface area (Å²) in [5, 5.41) is 12.6. The number of likely N-dealkylation sites (N-methyl/N-ethyl adjacent to an activating group) is 1. The summed E-state index contributed by atoms with van der Waals surface area (Å²) in [7, 11) is 1.69. The highest BCUT2D eigenvalue weighted by Gasteiger charge is 2.19. The molecular weight excluding hydrogens is 428 g/mol. The molecule has 0 unspecified atom stereocenters. The van der Waals surface area contributed by atoms with Crippen LogP contribution >= 0.6 is 0 Å². The minimum atomic E-state index is 0.128.